The van der Waals surface area contributed by atoms with Crippen LogP contribution in [0.2, 0.25) is 0 Å². The summed E-state index contributed by atoms with van der Waals surface area (Å²) >= 11 is 0. The molecule has 1 aromatic heterocycles. The molecule has 0 spiro atoms. The van der Waals surface area contributed by atoms with Crippen LogP contribution in [-0.4, -0.2) is 33.7 Å². The third-order valence-electron chi connectivity index (χ3n) is 3.28. The maximum Gasteiger partial charge on any atom is 0.191 e. The molecule has 0 unspecified atom stereocenters. The van der Waals surface area contributed by atoms with Gasteiger partial charge in [0.05, 0.1) is 12.2 Å². The Bertz CT molecular complexity index is 393. The summed E-state index contributed by atoms with van der Waals surface area (Å²) in [7, 11) is 1.91. The normalized spacial score (nSPS) is 17.7. The second-order valence-corrected chi connectivity index (χ2v) is 4.82. The van der Waals surface area contributed by atoms with E-state index in [0.717, 1.165) is 24.7 Å². The van der Waals surface area contributed by atoms with Gasteiger partial charge in [-0.15, -0.1) is 24.0 Å². The molecule has 0 radical (unpaired) electrons. The quantitative estimate of drug-likeness (QED) is 0.493. The van der Waals surface area contributed by atoms with E-state index in [2.05, 4.69) is 21.9 Å². The fourth-order valence-corrected chi connectivity index (χ4v) is 2.05. The lowest BCUT2D eigenvalue weighted by atomic mass is 10.00. The maximum atomic E-state index is 5.99. The van der Waals surface area contributed by atoms with Crippen molar-refractivity contribution in [3.8, 4) is 0 Å². The molecule has 0 aromatic carbocycles. The molecule has 1 aliphatic rings. The number of hydrogen-bond donors (Lipinski definition) is 1. The van der Waals surface area contributed by atoms with Gasteiger partial charge in [0.2, 0.25) is 0 Å². The number of aromatic nitrogens is 2. The summed E-state index contributed by atoms with van der Waals surface area (Å²) in [5.41, 5.74) is 6.95. The van der Waals surface area contributed by atoms with Crippen molar-refractivity contribution in [1.29, 1.82) is 0 Å². The van der Waals surface area contributed by atoms with Crippen LogP contribution >= 0.6 is 24.0 Å². The van der Waals surface area contributed by atoms with Crippen LogP contribution in [-0.2, 0) is 13.6 Å². The summed E-state index contributed by atoms with van der Waals surface area (Å²) in [6, 6.07) is 1.97. The number of piperidine rings is 1. The van der Waals surface area contributed by atoms with E-state index in [-0.39, 0.29) is 24.0 Å². The lowest BCUT2D eigenvalue weighted by molar-refractivity contribution is 0.277. The van der Waals surface area contributed by atoms with Gasteiger partial charge >= 0.3 is 0 Å². The fraction of sp³-hybridized carbons (Fsp3) is 0.667. The summed E-state index contributed by atoms with van der Waals surface area (Å²) in [5, 5.41) is 4.28. The van der Waals surface area contributed by atoms with Gasteiger partial charge < -0.3 is 10.6 Å². The largest absolute Gasteiger partial charge is 0.370 e. The van der Waals surface area contributed by atoms with Crippen LogP contribution in [0, 0.1) is 5.92 Å². The molecule has 2 rings (SSSR count). The Morgan fingerprint density at radius 3 is 2.72 bits per heavy atom. The van der Waals surface area contributed by atoms with Gasteiger partial charge in [0, 0.05) is 26.3 Å². The van der Waals surface area contributed by atoms with E-state index in [1.807, 2.05) is 19.3 Å². The van der Waals surface area contributed by atoms with Crippen LogP contribution in [0.3, 0.4) is 0 Å². The lowest BCUT2D eigenvalue weighted by Gasteiger charge is -2.30. The summed E-state index contributed by atoms with van der Waals surface area (Å²) in [4.78, 5) is 6.57. The molecule has 2 N–H and O–H groups in total. The smallest absolute Gasteiger partial charge is 0.191 e. The molecular weight excluding hydrogens is 341 g/mol. The molecule has 1 aromatic rings. The number of likely N-dealkylation sites (tertiary alicyclic amines) is 1. The van der Waals surface area contributed by atoms with Crippen LogP contribution in [0.25, 0.3) is 0 Å². The number of aryl methyl sites for hydroxylation is 1. The number of hydrogen-bond acceptors (Lipinski definition) is 2. The minimum Gasteiger partial charge on any atom is -0.370 e. The van der Waals surface area contributed by atoms with Crippen LogP contribution in [0.4, 0.5) is 0 Å². The zero-order chi connectivity index (χ0) is 12.3. The number of aliphatic imine (C=N–C) groups is 1. The molecule has 0 aliphatic carbocycles. The number of nitrogens with zero attached hydrogens (tertiary/aromatic N) is 4. The SMILES string of the molecule is CC1CCN(C(N)=NCc2ccn(C)n2)CC1.I. The van der Waals surface area contributed by atoms with E-state index >= 15 is 0 Å². The summed E-state index contributed by atoms with van der Waals surface area (Å²) in [5.74, 6) is 1.47. The molecule has 2 heterocycles. The summed E-state index contributed by atoms with van der Waals surface area (Å²) in [6.07, 6.45) is 4.34. The van der Waals surface area contributed by atoms with Gasteiger partial charge in [-0.1, -0.05) is 6.92 Å². The van der Waals surface area contributed by atoms with Crippen LogP contribution in [0.1, 0.15) is 25.5 Å². The Morgan fingerprint density at radius 1 is 1.50 bits per heavy atom. The first-order valence-electron chi connectivity index (χ1n) is 6.18. The molecule has 0 atom stereocenters. The third kappa shape index (κ3) is 4.15. The van der Waals surface area contributed by atoms with Gasteiger partial charge in [0.1, 0.15) is 0 Å². The number of halogens is 1. The second-order valence-electron chi connectivity index (χ2n) is 4.82. The lowest BCUT2D eigenvalue weighted by Crippen LogP contribution is -2.42. The van der Waals surface area contributed by atoms with Gasteiger partial charge in [-0.2, -0.15) is 5.10 Å². The minimum absolute atomic E-state index is 0. The van der Waals surface area contributed by atoms with Gasteiger partial charge in [0.15, 0.2) is 5.96 Å². The average molecular weight is 363 g/mol. The zero-order valence-corrected chi connectivity index (χ0v) is 13.4. The highest BCUT2D eigenvalue weighted by Gasteiger charge is 2.16. The van der Waals surface area contributed by atoms with E-state index in [1.54, 1.807) is 4.68 Å². The van der Waals surface area contributed by atoms with Crippen molar-refractivity contribution in [3.05, 3.63) is 18.0 Å². The van der Waals surface area contributed by atoms with Crippen LogP contribution < -0.4 is 5.73 Å². The molecular formula is C12H22IN5. The van der Waals surface area contributed by atoms with Gasteiger partial charge in [-0.3, -0.25) is 4.68 Å². The Balaban J connectivity index is 0.00000162. The van der Waals surface area contributed by atoms with Crippen LogP contribution in [0.5, 0.6) is 0 Å². The first-order valence-corrected chi connectivity index (χ1v) is 6.18. The van der Waals surface area contributed by atoms with E-state index in [4.69, 9.17) is 5.73 Å². The summed E-state index contributed by atoms with van der Waals surface area (Å²) in [6.45, 7) is 4.91. The van der Waals surface area contributed by atoms with Gasteiger partial charge in [-0.05, 0) is 24.8 Å². The maximum absolute atomic E-state index is 5.99. The molecule has 0 saturated carbocycles. The van der Waals surface area contributed by atoms with E-state index in [0.29, 0.717) is 12.5 Å². The van der Waals surface area contributed by atoms with Crippen molar-refractivity contribution < 1.29 is 0 Å². The molecule has 6 heteroatoms. The molecule has 1 fully saturated rings. The highest BCUT2D eigenvalue weighted by Crippen LogP contribution is 2.15. The molecule has 1 saturated heterocycles. The number of nitrogens with two attached hydrogens (primary N) is 1. The number of guanidine groups is 1. The predicted molar refractivity (Wildman–Crippen MR) is 83.9 cm³/mol. The third-order valence-corrected chi connectivity index (χ3v) is 3.28. The van der Waals surface area contributed by atoms with E-state index in [1.165, 1.54) is 12.8 Å². The molecule has 0 bridgehead atoms. The van der Waals surface area contributed by atoms with E-state index in [9.17, 15) is 0 Å². The van der Waals surface area contributed by atoms with Crippen molar-refractivity contribution in [1.82, 2.24) is 14.7 Å². The fourth-order valence-electron chi connectivity index (χ4n) is 2.05. The average Bonchev–Trinajstić information content (AvgIpc) is 2.73. The van der Waals surface area contributed by atoms with Crippen LogP contribution in [0.15, 0.2) is 17.3 Å². The van der Waals surface area contributed by atoms with Crippen molar-refractivity contribution in [2.75, 3.05) is 13.1 Å². The highest BCUT2D eigenvalue weighted by atomic mass is 127. The molecule has 102 valence electrons. The number of rotatable bonds is 2. The molecule has 5 nitrogen and oxygen atoms in total. The van der Waals surface area contributed by atoms with Crippen molar-refractivity contribution in [3.63, 3.8) is 0 Å². The minimum atomic E-state index is 0. The molecule has 18 heavy (non-hydrogen) atoms. The van der Waals surface area contributed by atoms with Gasteiger partial charge in [0.25, 0.3) is 0 Å². The summed E-state index contributed by atoms with van der Waals surface area (Å²) < 4.78 is 1.78. The molecule has 0 amide bonds. The second kappa shape index (κ2) is 6.96. The molecule has 1 aliphatic heterocycles. The Kier molecular flexibility index (Phi) is 5.90. The topological polar surface area (TPSA) is 59.4 Å². The first kappa shape index (κ1) is 15.3. The van der Waals surface area contributed by atoms with Crippen molar-refractivity contribution >= 4 is 29.9 Å². The standard InChI is InChI=1S/C12H21N5.HI/c1-10-3-7-17(8-4-10)12(13)14-9-11-5-6-16(2)15-11;/h5-6,10H,3-4,7-9H2,1-2H3,(H2,13,14);1H. The van der Waals surface area contributed by atoms with Gasteiger partial charge in [-0.25, -0.2) is 4.99 Å². The van der Waals surface area contributed by atoms with Crippen molar-refractivity contribution in [2.24, 2.45) is 23.7 Å². The highest BCUT2D eigenvalue weighted by molar-refractivity contribution is 14.0. The zero-order valence-electron chi connectivity index (χ0n) is 11.0. The van der Waals surface area contributed by atoms with Crippen molar-refractivity contribution in [2.45, 2.75) is 26.3 Å². The van der Waals surface area contributed by atoms with E-state index < -0.39 is 0 Å². The Labute approximate surface area is 125 Å². The predicted octanol–water partition coefficient (Wildman–Crippen LogP) is 1.58. The monoisotopic (exact) mass is 363 g/mol. The first-order chi connectivity index (χ1) is 8.15. The Morgan fingerprint density at radius 2 is 2.17 bits per heavy atom. The Hall–Kier alpha value is -0.790.